The fraction of sp³-hybridized carbons (Fsp3) is 0.345. The molecule has 2 aromatic rings. The van der Waals surface area contributed by atoms with E-state index < -0.39 is 29.9 Å². The third-order valence-corrected chi connectivity index (χ3v) is 5.89. The number of rotatable bonds is 10. The molecule has 0 saturated carbocycles. The summed E-state index contributed by atoms with van der Waals surface area (Å²) in [7, 11) is 1.57. The molecule has 38 heavy (non-hydrogen) atoms. The van der Waals surface area contributed by atoms with Gasteiger partial charge in [-0.2, -0.15) is 0 Å². The van der Waals surface area contributed by atoms with Crippen LogP contribution in [0.25, 0.3) is 0 Å². The highest BCUT2D eigenvalue weighted by atomic mass is 16.6. The predicted octanol–water partition coefficient (Wildman–Crippen LogP) is 4.43. The number of allylic oxidation sites excluding steroid dienone is 2. The Hall–Kier alpha value is -4.27. The number of ether oxygens (including phenoxy) is 5. The van der Waals surface area contributed by atoms with E-state index >= 15 is 0 Å². The molecule has 0 fully saturated rings. The van der Waals surface area contributed by atoms with Gasteiger partial charge in [0.1, 0.15) is 17.2 Å². The highest BCUT2D eigenvalue weighted by molar-refractivity contribution is 5.99. The largest absolute Gasteiger partial charge is 0.497 e. The lowest BCUT2D eigenvalue weighted by molar-refractivity contribution is -0.141. The molecule has 0 saturated heterocycles. The molecule has 0 aromatic heterocycles. The van der Waals surface area contributed by atoms with Crippen molar-refractivity contribution in [3.8, 4) is 17.2 Å². The second kappa shape index (κ2) is 12.8. The summed E-state index contributed by atoms with van der Waals surface area (Å²) >= 11 is 0. The van der Waals surface area contributed by atoms with Crippen molar-refractivity contribution >= 4 is 17.9 Å². The van der Waals surface area contributed by atoms with Crippen molar-refractivity contribution in [3.63, 3.8) is 0 Å². The molecule has 0 radical (unpaired) electrons. The first-order valence-electron chi connectivity index (χ1n) is 12.3. The van der Waals surface area contributed by atoms with Gasteiger partial charge in [0.05, 0.1) is 37.4 Å². The number of benzene rings is 2. The van der Waals surface area contributed by atoms with Gasteiger partial charge in [0.2, 0.25) is 0 Å². The fourth-order valence-electron chi connectivity index (χ4n) is 4.12. The third kappa shape index (κ3) is 6.53. The van der Waals surface area contributed by atoms with E-state index in [-0.39, 0.29) is 19.0 Å². The second-order valence-corrected chi connectivity index (χ2v) is 8.50. The number of carbonyl (C=O) groups is 3. The summed E-state index contributed by atoms with van der Waals surface area (Å²) in [5, 5.41) is 3.10. The van der Waals surface area contributed by atoms with Crippen LogP contribution in [-0.2, 0) is 23.9 Å². The van der Waals surface area contributed by atoms with Crippen molar-refractivity contribution < 1.29 is 38.1 Å². The lowest BCUT2D eigenvalue weighted by Gasteiger charge is -2.30. The molecular formula is C29H33NO8. The number of carbonyl (C=O) groups excluding carboxylic acids is 3. The van der Waals surface area contributed by atoms with Gasteiger partial charge in [-0.1, -0.05) is 12.1 Å². The Bertz CT molecular complexity index is 1190. The van der Waals surface area contributed by atoms with Crippen LogP contribution in [0.5, 0.6) is 17.2 Å². The number of dihydropyridines is 1. The molecule has 0 amide bonds. The van der Waals surface area contributed by atoms with E-state index in [4.69, 9.17) is 23.7 Å². The first kappa shape index (κ1) is 28.3. The molecule has 3 rings (SSSR count). The van der Waals surface area contributed by atoms with Crippen molar-refractivity contribution in [2.45, 2.75) is 46.6 Å². The quantitative estimate of drug-likeness (QED) is 0.357. The highest BCUT2D eigenvalue weighted by Crippen LogP contribution is 2.39. The van der Waals surface area contributed by atoms with Crippen LogP contribution in [0.4, 0.5) is 0 Å². The van der Waals surface area contributed by atoms with Gasteiger partial charge in [0.25, 0.3) is 0 Å². The maximum Gasteiger partial charge on any atom is 0.352 e. The molecule has 0 spiro atoms. The van der Waals surface area contributed by atoms with E-state index in [9.17, 15) is 14.4 Å². The van der Waals surface area contributed by atoms with E-state index in [0.29, 0.717) is 39.6 Å². The van der Waals surface area contributed by atoms with E-state index in [1.54, 1.807) is 90.3 Å². The maximum atomic E-state index is 12.9. The van der Waals surface area contributed by atoms with Crippen molar-refractivity contribution in [3.05, 3.63) is 76.6 Å². The van der Waals surface area contributed by atoms with Crippen LogP contribution in [-0.4, -0.2) is 44.3 Å². The van der Waals surface area contributed by atoms with E-state index in [2.05, 4.69) is 5.32 Å². The number of methoxy groups -OCH3 is 1. The van der Waals surface area contributed by atoms with Crippen molar-refractivity contribution in [2.24, 2.45) is 0 Å². The monoisotopic (exact) mass is 523 g/mol. The van der Waals surface area contributed by atoms with Crippen LogP contribution in [0.1, 0.15) is 46.1 Å². The average molecular weight is 524 g/mol. The van der Waals surface area contributed by atoms with E-state index in [0.717, 1.165) is 0 Å². The first-order valence-corrected chi connectivity index (χ1v) is 12.3. The number of hydrogen-bond donors (Lipinski definition) is 1. The van der Waals surface area contributed by atoms with Gasteiger partial charge in [-0.05, 0) is 76.6 Å². The molecule has 1 aliphatic heterocycles. The number of esters is 3. The summed E-state index contributed by atoms with van der Waals surface area (Å²) in [5.74, 6) is -0.909. The van der Waals surface area contributed by atoms with Crippen LogP contribution in [0.15, 0.2) is 71.1 Å². The lowest BCUT2D eigenvalue weighted by atomic mass is 9.80. The summed E-state index contributed by atoms with van der Waals surface area (Å²) < 4.78 is 26.9. The Labute approximate surface area is 222 Å². The minimum Gasteiger partial charge on any atom is -0.497 e. The van der Waals surface area contributed by atoms with Crippen LogP contribution in [0.3, 0.4) is 0 Å². The van der Waals surface area contributed by atoms with Crippen LogP contribution >= 0.6 is 0 Å². The maximum absolute atomic E-state index is 12.9. The molecule has 1 unspecified atom stereocenters. The molecule has 202 valence electrons. The SMILES string of the molecule is CCOC(=O)C1=C(C)NC(C)=C(C(=O)OCC)C1c1ccc(OC(=O)C(C)Oc2ccc(OC)cc2)cc1. The molecular weight excluding hydrogens is 490 g/mol. The zero-order valence-electron chi connectivity index (χ0n) is 22.5. The predicted molar refractivity (Wildman–Crippen MR) is 140 cm³/mol. The minimum absolute atomic E-state index is 0.186. The molecule has 1 atom stereocenters. The summed E-state index contributed by atoms with van der Waals surface area (Å²) in [4.78, 5) is 38.4. The first-order chi connectivity index (χ1) is 18.2. The van der Waals surface area contributed by atoms with E-state index in [1.165, 1.54) is 0 Å². The molecule has 9 heteroatoms. The minimum atomic E-state index is -0.866. The molecule has 1 N–H and O–H groups in total. The topological polar surface area (TPSA) is 109 Å². The van der Waals surface area contributed by atoms with Gasteiger partial charge in [-0.15, -0.1) is 0 Å². The van der Waals surface area contributed by atoms with Gasteiger partial charge < -0.3 is 29.0 Å². The highest BCUT2D eigenvalue weighted by Gasteiger charge is 2.38. The lowest BCUT2D eigenvalue weighted by Crippen LogP contribution is -2.32. The molecule has 2 aromatic carbocycles. The Balaban J connectivity index is 1.83. The van der Waals surface area contributed by atoms with Crippen molar-refractivity contribution in [2.75, 3.05) is 20.3 Å². The average Bonchev–Trinajstić information content (AvgIpc) is 2.89. The fourth-order valence-corrected chi connectivity index (χ4v) is 4.12. The smallest absolute Gasteiger partial charge is 0.352 e. The molecule has 1 heterocycles. The standard InChI is InChI=1S/C29H33NO8/c1-7-35-28(32)24-17(3)30-18(4)25(29(33)36-8-2)26(24)20-9-11-23(12-10-20)38-27(31)19(5)37-22-15-13-21(34-6)14-16-22/h9-16,19,26,30H,7-8H2,1-6H3. The Kier molecular flexibility index (Phi) is 9.54. The summed E-state index contributed by atoms with van der Waals surface area (Å²) in [6.45, 7) is 8.91. The van der Waals surface area contributed by atoms with Gasteiger partial charge in [0, 0.05) is 11.4 Å². The van der Waals surface area contributed by atoms with Crippen LogP contribution in [0, 0.1) is 0 Å². The summed E-state index contributed by atoms with van der Waals surface area (Å²) in [5.41, 5.74) is 2.43. The molecule has 0 aliphatic carbocycles. The zero-order valence-corrected chi connectivity index (χ0v) is 22.5. The Morgan fingerprint density at radius 2 is 1.26 bits per heavy atom. The van der Waals surface area contributed by atoms with Gasteiger partial charge in [-0.3, -0.25) is 0 Å². The number of nitrogens with one attached hydrogen (secondary N) is 1. The van der Waals surface area contributed by atoms with Gasteiger partial charge in [-0.25, -0.2) is 14.4 Å². The second-order valence-electron chi connectivity index (χ2n) is 8.50. The number of hydrogen-bond acceptors (Lipinski definition) is 9. The molecule has 0 bridgehead atoms. The molecule has 9 nitrogen and oxygen atoms in total. The van der Waals surface area contributed by atoms with Gasteiger partial charge >= 0.3 is 17.9 Å². The van der Waals surface area contributed by atoms with Gasteiger partial charge in [0.15, 0.2) is 6.10 Å². The van der Waals surface area contributed by atoms with Crippen molar-refractivity contribution in [1.82, 2.24) is 5.32 Å². The summed E-state index contributed by atoms with van der Waals surface area (Å²) in [6.07, 6.45) is -0.866. The van der Waals surface area contributed by atoms with E-state index in [1.807, 2.05) is 0 Å². The van der Waals surface area contributed by atoms with Crippen LogP contribution < -0.4 is 19.5 Å². The zero-order chi connectivity index (χ0) is 27.8. The Morgan fingerprint density at radius 3 is 1.74 bits per heavy atom. The summed E-state index contributed by atoms with van der Waals surface area (Å²) in [6, 6.07) is 13.5. The van der Waals surface area contributed by atoms with Crippen molar-refractivity contribution in [1.29, 1.82) is 0 Å². The normalized spacial score (nSPS) is 14.4. The van der Waals surface area contributed by atoms with Crippen LogP contribution in [0.2, 0.25) is 0 Å². The third-order valence-electron chi connectivity index (χ3n) is 5.89. The molecule has 1 aliphatic rings. The Morgan fingerprint density at radius 1 is 0.789 bits per heavy atom.